The van der Waals surface area contributed by atoms with Crippen molar-refractivity contribution in [3.8, 4) is 0 Å². The maximum Gasteiger partial charge on any atom is 0.240 e. The summed E-state index contributed by atoms with van der Waals surface area (Å²) in [6.07, 6.45) is 0. The van der Waals surface area contributed by atoms with Crippen molar-refractivity contribution in [2.24, 2.45) is 0 Å². The second-order valence-corrected chi connectivity index (χ2v) is 8.07. The van der Waals surface area contributed by atoms with E-state index in [1.165, 1.54) is 5.56 Å². The number of nitrogens with zero attached hydrogens (tertiary/aromatic N) is 2. The Morgan fingerprint density at radius 3 is 2.67 bits per heavy atom. The zero-order valence-electron chi connectivity index (χ0n) is 14.7. The number of carbonyl (C=O) groups excluding carboxylic acids is 1. The van der Waals surface area contributed by atoms with E-state index in [-0.39, 0.29) is 12.5 Å². The number of hydrogen-bond acceptors (Lipinski definition) is 4. The minimum atomic E-state index is -0.00638. The molecule has 0 saturated heterocycles. The Hall–Kier alpha value is -2.57. The molecule has 4 nitrogen and oxygen atoms in total. The highest BCUT2D eigenvalue weighted by Gasteiger charge is 2.14. The standard InChI is InChI=1S/C21H19N3OS2/c25-20(22-13-17-9-6-12-26-17)14-24-19-11-5-4-10-18(19)23-21(24)27-15-16-7-2-1-3-8-16/h1-12H,13-15H2,(H,22,25). The molecule has 1 amide bonds. The molecule has 2 heterocycles. The molecule has 0 aliphatic heterocycles. The van der Waals surface area contributed by atoms with Crippen LogP contribution in [0.15, 0.2) is 77.3 Å². The highest BCUT2D eigenvalue weighted by atomic mass is 32.2. The van der Waals surface area contributed by atoms with Gasteiger partial charge >= 0.3 is 0 Å². The summed E-state index contributed by atoms with van der Waals surface area (Å²) in [7, 11) is 0. The van der Waals surface area contributed by atoms with Gasteiger partial charge in [-0.1, -0.05) is 60.3 Å². The summed E-state index contributed by atoms with van der Waals surface area (Å²) in [6.45, 7) is 0.832. The third-order valence-corrected chi connectivity index (χ3v) is 6.10. The molecule has 0 atom stereocenters. The quantitative estimate of drug-likeness (QED) is 0.463. The number of rotatable bonds is 7. The van der Waals surface area contributed by atoms with Crippen LogP contribution in [0.1, 0.15) is 10.4 Å². The van der Waals surface area contributed by atoms with Gasteiger partial charge in [0.2, 0.25) is 5.91 Å². The molecule has 1 N–H and O–H groups in total. The van der Waals surface area contributed by atoms with Crippen molar-refractivity contribution in [1.82, 2.24) is 14.9 Å². The maximum absolute atomic E-state index is 12.5. The van der Waals surface area contributed by atoms with Gasteiger partial charge in [0.15, 0.2) is 5.16 Å². The number of fused-ring (bicyclic) bond motifs is 1. The molecule has 0 spiro atoms. The summed E-state index contributed by atoms with van der Waals surface area (Å²) in [5.74, 6) is 0.814. The van der Waals surface area contributed by atoms with Gasteiger partial charge in [-0.2, -0.15) is 0 Å². The Kier molecular flexibility index (Phi) is 5.55. The molecule has 6 heteroatoms. The van der Waals surface area contributed by atoms with Crippen LogP contribution in [0.3, 0.4) is 0 Å². The number of hydrogen-bond donors (Lipinski definition) is 1. The van der Waals surface area contributed by atoms with Gasteiger partial charge in [0.1, 0.15) is 6.54 Å². The van der Waals surface area contributed by atoms with Crippen LogP contribution < -0.4 is 5.32 Å². The van der Waals surface area contributed by atoms with E-state index < -0.39 is 0 Å². The van der Waals surface area contributed by atoms with Gasteiger partial charge in [-0.05, 0) is 29.1 Å². The number of nitrogens with one attached hydrogen (secondary N) is 1. The lowest BCUT2D eigenvalue weighted by atomic mass is 10.2. The second-order valence-electron chi connectivity index (χ2n) is 6.10. The monoisotopic (exact) mass is 393 g/mol. The number of imidazole rings is 1. The summed E-state index contributed by atoms with van der Waals surface area (Å²) in [6, 6.07) is 22.3. The van der Waals surface area contributed by atoms with E-state index >= 15 is 0 Å². The smallest absolute Gasteiger partial charge is 0.240 e. The van der Waals surface area contributed by atoms with Crippen molar-refractivity contribution in [3.05, 3.63) is 82.6 Å². The van der Waals surface area contributed by atoms with Crippen LogP contribution in [-0.2, 0) is 23.6 Å². The van der Waals surface area contributed by atoms with Crippen molar-refractivity contribution >= 4 is 40.0 Å². The highest BCUT2D eigenvalue weighted by Crippen LogP contribution is 2.26. The Morgan fingerprint density at radius 2 is 1.85 bits per heavy atom. The summed E-state index contributed by atoms with van der Waals surface area (Å²) in [5.41, 5.74) is 3.14. The molecule has 2 aromatic heterocycles. The number of benzene rings is 2. The van der Waals surface area contributed by atoms with Crippen molar-refractivity contribution in [2.45, 2.75) is 24.0 Å². The third kappa shape index (κ3) is 4.40. The van der Waals surface area contributed by atoms with Gasteiger partial charge in [0.25, 0.3) is 0 Å². The number of carbonyl (C=O) groups is 1. The normalized spacial score (nSPS) is 11.0. The fraction of sp³-hybridized carbons (Fsp3) is 0.143. The average Bonchev–Trinajstić information content (AvgIpc) is 3.34. The lowest BCUT2D eigenvalue weighted by Crippen LogP contribution is -2.27. The molecule has 0 saturated carbocycles. The first-order valence-corrected chi connectivity index (χ1v) is 10.6. The molecule has 27 heavy (non-hydrogen) atoms. The Morgan fingerprint density at radius 1 is 1.04 bits per heavy atom. The number of amides is 1. The summed E-state index contributed by atoms with van der Waals surface area (Å²) in [5, 5.41) is 5.89. The van der Waals surface area contributed by atoms with Crippen molar-refractivity contribution < 1.29 is 4.79 Å². The molecule has 2 aromatic carbocycles. The summed E-state index contributed by atoms with van der Waals surface area (Å²) < 4.78 is 2.01. The van der Waals surface area contributed by atoms with Crippen LogP contribution in [0.2, 0.25) is 0 Å². The first kappa shape index (κ1) is 17.8. The molecule has 136 valence electrons. The molecule has 4 rings (SSSR count). The van der Waals surface area contributed by atoms with E-state index in [0.29, 0.717) is 6.54 Å². The Labute approximate surface area is 166 Å². The van der Waals surface area contributed by atoms with Crippen molar-refractivity contribution in [2.75, 3.05) is 0 Å². The minimum absolute atomic E-state index is 0.00638. The topological polar surface area (TPSA) is 46.9 Å². The number of thioether (sulfide) groups is 1. The van der Waals surface area contributed by atoms with E-state index in [9.17, 15) is 4.79 Å². The number of thiophene rings is 1. The number of aromatic nitrogens is 2. The van der Waals surface area contributed by atoms with Gasteiger partial charge in [0.05, 0.1) is 17.6 Å². The lowest BCUT2D eigenvalue weighted by Gasteiger charge is -2.09. The van der Waals surface area contributed by atoms with Crippen LogP contribution in [0, 0.1) is 0 Å². The van der Waals surface area contributed by atoms with Crippen LogP contribution in [-0.4, -0.2) is 15.5 Å². The predicted octanol–water partition coefficient (Wildman–Crippen LogP) is 4.71. The molecule has 0 bridgehead atoms. The SMILES string of the molecule is O=C(Cn1c(SCc2ccccc2)nc2ccccc21)NCc1cccs1. The van der Waals surface area contributed by atoms with E-state index in [0.717, 1.165) is 26.8 Å². The van der Waals surface area contributed by atoms with Gasteiger partial charge < -0.3 is 9.88 Å². The van der Waals surface area contributed by atoms with E-state index in [1.807, 2.05) is 64.5 Å². The predicted molar refractivity (Wildman–Crippen MR) is 112 cm³/mol. The van der Waals surface area contributed by atoms with Gasteiger partial charge in [-0.3, -0.25) is 4.79 Å². The fourth-order valence-electron chi connectivity index (χ4n) is 2.84. The van der Waals surface area contributed by atoms with Gasteiger partial charge in [0, 0.05) is 10.6 Å². The first-order chi connectivity index (χ1) is 13.3. The lowest BCUT2D eigenvalue weighted by molar-refractivity contribution is -0.121. The van der Waals surface area contributed by atoms with Crippen LogP contribution in [0.4, 0.5) is 0 Å². The zero-order chi connectivity index (χ0) is 18.5. The van der Waals surface area contributed by atoms with Crippen LogP contribution in [0.25, 0.3) is 11.0 Å². The van der Waals surface area contributed by atoms with Crippen molar-refractivity contribution in [3.63, 3.8) is 0 Å². The largest absolute Gasteiger partial charge is 0.350 e. The number of para-hydroxylation sites is 2. The molecule has 0 fully saturated rings. The molecule has 0 unspecified atom stereocenters. The first-order valence-electron chi connectivity index (χ1n) is 8.70. The van der Waals surface area contributed by atoms with Gasteiger partial charge in [-0.15, -0.1) is 11.3 Å². The molecular formula is C21H19N3OS2. The highest BCUT2D eigenvalue weighted by molar-refractivity contribution is 7.98. The molecule has 0 aliphatic carbocycles. The third-order valence-electron chi connectivity index (χ3n) is 4.17. The fourth-order valence-corrected chi connectivity index (χ4v) is 4.45. The average molecular weight is 394 g/mol. The van der Waals surface area contributed by atoms with E-state index in [4.69, 9.17) is 4.98 Å². The molecular weight excluding hydrogens is 374 g/mol. The Bertz CT molecular complexity index is 1030. The van der Waals surface area contributed by atoms with Crippen LogP contribution >= 0.6 is 23.1 Å². The van der Waals surface area contributed by atoms with E-state index in [2.05, 4.69) is 17.4 Å². The molecule has 0 aliphatic rings. The maximum atomic E-state index is 12.5. The summed E-state index contributed by atoms with van der Waals surface area (Å²) in [4.78, 5) is 18.4. The minimum Gasteiger partial charge on any atom is -0.350 e. The molecule has 0 radical (unpaired) electrons. The summed E-state index contributed by atoms with van der Waals surface area (Å²) >= 11 is 3.30. The Balaban J connectivity index is 1.51. The molecule has 4 aromatic rings. The zero-order valence-corrected chi connectivity index (χ0v) is 16.3. The van der Waals surface area contributed by atoms with Crippen LogP contribution in [0.5, 0.6) is 0 Å². The van der Waals surface area contributed by atoms with Gasteiger partial charge in [-0.25, -0.2) is 4.98 Å². The van der Waals surface area contributed by atoms with E-state index in [1.54, 1.807) is 23.1 Å². The second kappa shape index (κ2) is 8.41. The van der Waals surface area contributed by atoms with Crippen molar-refractivity contribution in [1.29, 1.82) is 0 Å².